The number of benzene rings is 1. The third-order valence-corrected chi connectivity index (χ3v) is 3.18. The Morgan fingerprint density at radius 2 is 2.05 bits per heavy atom. The summed E-state index contributed by atoms with van der Waals surface area (Å²) < 4.78 is 0. The van der Waals surface area contributed by atoms with E-state index in [1.54, 1.807) is 0 Å². The first kappa shape index (κ1) is 13.6. The van der Waals surface area contributed by atoms with Crippen LogP contribution in [0, 0.1) is 0 Å². The van der Waals surface area contributed by atoms with Gasteiger partial charge in [0.25, 0.3) is 5.56 Å². The number of rotatable bonds is 5. The van der Waals surface area contributed by atoms with E-state index in [0.29, 0.717) is 5.82 Å². The molecule has 0 fully saturated rings. The minimum Gasteiger partial charge on any atom is -0.339 e. The van der Waals surface area contributed by atoms with E-state index in [9.17, 15) is 4.79 Å². The molecule has 100 valence electrons. The molecule has 0 aliphatic heterocycles. The van der Waals surface area contributed by atoms with Gasteiger partial charge in [-0.05, 0) is 30.5 Å². The first-order chi connectivity index (χ1) is 9.20. The molecule has 0 bridgehead atoms. The SMILES string of the molecule is CCCCc1ccc(Nc2nc[nH]c(=O)c2Cl)cc1. The molecule has 2 rings (SSSR count). The normalized spacial score (nSPS) is 10.4. The van der Waals surface area contributed by atoms with Gasteiger partial charge in [-0.3, -0.25) is 4.79 Å². The number of aromatic nitrogens is 2. The van der Waals surface area contributed by atoms with Crippen molar-refractivity contribution in [2.45, 2.75) is 26.2 Å². The van der Waals surface area contributed by atoms with Crippen LogP contribution < -0.4 is 10.9 Å². The highest BCUT2D eigenvalue weighted by Gasteiger charge is 2.05. The Hall–Kier alpha value is -1.81. The number of anilines is 2. The molecule has 4 nitrogen and oxygen atoms in total. The van der Waals surface area contributed by atoms with Gasteiger partial charge < -0.3 is 10.3 Å². The van der Waals surface area contributed by atoms with Gasteiger partial charge in [-0.2, -0.15) is 0 Å². The highest BCUT2D eigenvalue weighted by Crippen LogP contribution is 2.19. The van der Waals surface area contributed by atoms with Gasteiger partial charge in [0, 0.05) is 5.69 Å². The van der Waals surface area contributed by atoms with Gasteiger partial charge in [-0.1, -0.05) is 37.1 Å². The molecule has 0 radical (unpaired) electrons. The van der Waals surface area contributed by atoms with Crippen LogP contribution in [0.3, 0.4) is 0 Å². The van der Waals surface area contributed by atoms with Gasteiger partial charge in [0.15, 0.2) is 5.82 Å². The second kappa shape index (κ2) is 6.38. The Labute approximate surface area is 116 Å². The topological polar surface area (TPSA) is 57.8 Å². The monoisotopic (exact) mass is 277 g/mol. The van der Waals surface area contributed by atoms with Crippen molar-refractivity contribution in [3.8, 4) is 0 Å². The van der Waals surface area contributed by atoms with Crippen LogP contribution in [0.25, 0.3) is 0 Å². The fourth-order valence-corrected chi connectivity index (χ4v) is 1.89. The minimum absolute atomic E-state index is 0.0672. The van der Waals surface area contributed by atoms with Crippen LogP contribution in [0.1, 0.15) is 25.3 Å². The summed E-state index contributed by atoms with van der Waals surface area (Å²) in [4.78, 5) is 17.8. The Bertz CT molecular complexity index is 592. The third kappa shape index (κ3) is 3.58. The fraction of sp³-hybridized carbons (Fsp3) is 0.286. The summed E-state index contributed by atoms with van der Waals surface area (Å²) in [7, 11) is 0. The number of nitrogens with zero attached hydrogens (tertiary/aromatic N) is 1. The molecule has 0 aliphatic carbocycles. The maximum Gasteiger partial charge on any atom is 0.271 e. The number of unbranched alkanes of at least 4 members (excludes halogenated alkanes) is 1. The number of aryl methyl sites for hydroxylation is 1. The predicted molar refractivity (Wildman–Crippen MR) is 78.2 cm³/mol. The molecule has 0 atom stereocenters. The van der Waals surface area contributed by atoms with E-state index in [-0.39, 0.29) is 10.6 Å². The molecule has 0 saturated heterocycles. The van der Waals surface area contributed by atoms with E-state index in [1.807, 2.05) is 12.1 Å². The van der Waals surface area contributed by atoms with Gasteiger partial charge in [0.2, 0.25) is 0 Å². The second-order valence-electron chi connectivity index (χ2n) is 4.32. The molecule has 1 aromatic carbocycles. The smallest absolute Gasteiger partial charge is 0.271 e. The molecule has 5 heteroatoms. The average molecular weight is 278 g/mol. The number of nitrogens with one attached hydrogen (secondary N) is 2. The quantitative estimate of drug-likeness (QED) is 0.879. The highest BCUT2D eigenvalue weighted by atomic mass is 35.5. The predicted octanol–water partition coefficient (Wildman–Crippen LogP) is 3.51. The average Bonchev–Trinajstić information content (AvgIpc) is 2.43. The summed E-state index contributed by atoms with van der Waals surface area (Å²) in [5.41, 5.74) is 1.82. The van der Waals surface area contributed by atoms with E-state index in [4.69, 9.17) is 11.6 Å². The molecule has 0 unspecified atom stereocenters. The van der Waals surface area contributed by atoms with Gasteiger partial charge in [0.05, 0.1) is 6.33 Å². The lowest BCUT2D eigenvalue weighted by atomic mass is 10.1. The standard InChI is InChI=1S/C14H16ClN3O/c1-2-3-4-10-5-7-11(8-6-10)18-13-12(15)14(19)17-9-16-13/h5-9H,2-4H2,1H3,(H2,16,17,18,19). The number of aromatic amines is 1. The van der Waals surface area contributed by atoms with Crippen LogP contribution in [0.4, 0.5) is 11.5 Å². The van der Waals surface area contributed by atoms with Crippen LogP contribution in [-0.4, -0.2) is 9.97 Å². The number of H-pyrrole nitrogens is 1. The Morgan fingerprint density at radius 1 is 1.32 bits per heavy atom. The van der Waals surface area contributed by atoms with E-state index < -0.39 is 0 Å². The van der Waals surface area contributed by atoms with Gasteiger partial charge >= 0.3 is 0 Å². The van der Waals surface area contributed by atoms with E-state index >= 15 is 0 Å². The first-order valence-electron chi connectivity index (χ1n) is 6.30. The van der Waals surface area contributed by atoms with E-state index in [2.05, 4.69) is 34.3 Å². The van der Waals surface area contributed by atoms with Gasteiger partial charge in [-0.15, -0.1) is 0 Å². The van der Waals surface area contributed by atoms with Gasteiger partial charge in [0.1, 0.15) is 5.02 Å². The summed E-state index contributed by atoms with van der Waals surface area (Å²) >= 11 is 5.87. The van der Waals surface area contributed by atoms with E-state index in [1.165, 1.54) is 24.7 Å². The summed E-state index contributed by atoms with van der Waals surface area (Å²) in [6.45, 7) is 2.18. The van der Waals surface area contributed by atoms with Crippen molar-refractivity contribution in [1.29, 1.82) is 0 Å². The first-order valence-corrected chi connectivity index (χ1v) is 6.67. The maximum absolute atomic E-state index is 11.3. The minimum atomic E-state index is -0.348. The summed E-state index contributed by atoms with van der Waals surface area (Å²) in [6.07, 6.45) is 4.79. The Kier molecular flexibility index (Phi) is 4.58. The van der Waals surface area contributed by atoms with Crippen molar-refractivity contribution < 1.29 is 0 Å². The van der Waals surface area contributed by atoms with Gasteiger partial charge in [-0.25, -0.2) is 4.98 Å². The van der Waals surface area contributed by atoms with Crippen LogP contribution in [0.5, 0.6) is 0 Å². The van der Waals surface area contributed by atoms with Crippen LogP contribution in [-0.2, 0) is 6.42 Å². The molecule has 1 aromatic heterocycles. The maximum atomic E-state index is 11.3. The zero-order valence-electron chi connectivity index (χ0n) is 10.7. The second-order valence-corrected chi connectivity index (χ2v) is 4.70. The van der Waals surface area contributed by atoms with Crippen molar-refractivity contribution in [3.63, 3.8) is 0 Å². The molecule has 2 aromatic rings. The molecule has 0 aliphatic rings. The van der Waals surface area contributed by atoms with Crippen LogP contribution in [0.2, 0.25) is 5.02 Å². The molecule has 0 spiro atoms. The van der Waals surface area contributed by atoms with Crippen LogP contribution >= 0.6 is 11.6 Å². The molecule has 1 heterocycles. The fourth-order valence-electron chi connectivity index (χ4n) is 1.74. The molecule has 0 amide bonds. The highest BCUT2D eigenvalue weighted by molar-refractivity contribution is 6.32. The molecular formula is C14H16ClN3O. The van der Waals surface area contributed by atoms with Crippen LogP contribution in [0.15, 0.2) is 35.4 Å². The molecule has 19 heavy (non-hydrogen) atoms. The van der Waals surface area contributed by atoms with Crippen molar-refractivity contribution in [2.75, 3.05) is 5.32 Å². The van der Waals surface area contributed by atoms with Crippen molar-refractivity contribution >= 4 is 23.1 Å². The van der Waals surface area contributed by atoms with E-state index in [0.717, 1.165) is 12.1 Å². The molecule has 2 N–H and O–H groups in total. The summed E-state index contributed by atoms with van der Waals surface area (Å²) in [6, 6.07) is 8.06. The van der Waals surface area contributed by atoms with Crippen molar-refractivity contribution in [1.82, 2.24) is 9.97 Å². The zero-order valence-corrected chi connectivity index (χ0v) is 11.5. The van der Waals surface area contributed by atoms with Crippen molar-refractivity contribution in [3.05, 3.63) is 51.5 Å². The van der Waals surface area contributed by atoms with Crippen molar-refractivity contribution in [2.24, 2.45) is 0 Å². The summed E-state index contributed by atoms with van der Waals surface area (Å²) in [5, 5.41) is 3.10. The Balaban J connectivity index is 2.11. The Morgan fingerprint density at radius 3 is 2.74 bits per heavy atom. The lowest BCUT2D eigenvalue weighted by Crippen LogP contribution is -2.09. The lowest BCUT2D eigenvalue weighted by Gasteiger charge is -2.07. The number of hydrogen-bond acceptors (Lipinski definition) is 3. The zero-order chi connectivity index (χ0) is 13.7. The number of halogens is 1. The lowest BCUT2D eigenvalue weighted by molar-refractivity contribution is 0.795. The summed E-state index contributed by atoms with van der Waals surface area (Å²) in [5.74, 6) is 0.367. The number of hydrogen-bond donors (Lipinski definition) is 2. The molecular weight excluding hydrogens is 262 g/mol. The molecule has 0 saturated carbocycles. The third-order valence-electron chi connectivity index (χ3n) is 2.83. The largest absolute Gasteiger partial charge is 0.339 e.